The van der Waals surface area contributed by atoms with Gasteiger partial charge in [-0.05, 0) is 30.9 Å². The average Bonchev–Trinajstić information content (AvgIpc) is 2.74. The molecule has 5 heteroatoms. The second-order valence-corrected chi connectivity index (χ2v) is 7.81. The largest absolute Gasteiger partial charge is 0.352 e. The fourth-order valence-corrected chi connectivity index (χ4v) is 4.02. The number of amides is 1. The van der Waals surface area contributed by atoms with E-state index < -0.39 is 0 Å². The number of carbonyl (C=O) groups is 1. The van der Waals surface area contributed by atoms with Gasteiger partial charge in [-0.25, -0.2) is 4.98 Å². The topological polar surface area (TPSA) is 42.0 Å². The summed E-state index contributed by atoms with van der Waals surface area (Å²) >= 11 is 7.65. The summed E-state index contributed by atoms with van der Waals surface area (Å²) < 4.78 is 0. The van der Waals surface area contributed by atoms with E-state index >= 15 is 0 Å². The second-order valence-electron chi connectivity index (χ2n) is 6.27. The Morgan fingerprint density at radius 2 is 2.00 bits per heavy atom. The van der Waals surface area contributed by atoms with Crippen LogP contribution in [0.5, 0.6) is 0 Å². The first-order valence-corrected chi connectivity index (χ1v) is 9.41. The fourth-order valence-electron chi connectivity index (χ4n) is 2.78. The van der Waals surface area contributed by atoms with E-state index in [9.17, 15) is 4.79 Å². The number of carbonyl (C=O) groups excluding carboxylic acids is 1. The minimum absolute atomic E-state index is 0.119. The summed E-state index contributed by atoms with van der Waals surface area (Å²) in [6, 6.07) is 3.95. The molecule has 1 amide bonds. The van der Waals surface area contributed by atoms with Crippen LogP contribution >= 0.6 is 23.4 Å². The SMILES string of the molecule is CC(C)[C@@H](Sc1ncccc1Cl)C(=O)NC1CCCCCC1. The highest BCUT2D eigenvalue weighted by Gasteiger charge is 2.27. The van der Waals surface area contributed by atoms with Crippen LogP contribution in [0.3, 0.4) is 0 Å². The predicted molar refractivity (Wildman–Crippen MR) is 93.4 cm³/mol. The maximum atomic E-state index is 12.7. The van der Waals surface area contributed by atoms with E-state index in [0.717, 1.165) is 17.9 Å². The van der Waals surface area contributed by atoms with Crippen LogP contribution in [0.2, 0.25) is 5.02 Å². The molecule has 0 unspecified atom stereocenters. The third-order valence-corrected chi connectivity index (χ3v) is 6.01. The van der Waals surface area contributed by atoms with Crippen LogP contribution in [0.15, 0.2) is 23.4 Å². The van der Waals surface area contributed by atoms with Gasteiger partial charge in [-0.1, -0.05) is 62.9 Å². The molecule has 1 N–H and O–H groups in total. The second kappa shape index (κ2) is 8.78. The first kappa shape index (κ1) is 17.6. The van der Waals surface area contributed by atoms with Gasteiger partial charge in [0.2, 0.25) is 5.91 Å². The molecule has 1 aliphatic rings. The molecule has 0 aromatic carbocycles. The molecule has 1 atom stereocenters. The standard InChI is InChI=1S/C17H25ClN2OS/c1-12(2)15(22-17-14(18)10-7-11-19-17)16(21)20-13-8-5-3-4-6-9-13/h7,10-13,15H,3-6,8-9H2,1-2H3,(H,20,21)/t15-/m1/s1. The van der Waals surface area contributed by atoms with E-state index in [4.69, 9.17) is 11.6 Å². The lowest BCUT2D eigenvalue weighted by Gasteiger charge is -2.23. The Morgan fingerprint density at radius 3 is 2.59 bits per heavy atom. The van der Waals surface area contributed by atoms with E-state index in [1.807, 2.05) is 12.1 Å². The van der Waals surface area contributed by atoms with Crippen molar-refractivity contribution in [3.05, 3.63) is 23.4 Å². The highest BCUT2D eigenvalue weighted by atomic mass is 35.5. The van der Waals surface area contributed by atoms with Crippen molar-refractivity contribution in [2.75, 3.05) is 0 Å². The van der Waals surface area contributed by atoms with Crippen molar-refractivity contribution >= 4 is 29.3 Å². The summed E-state index contributed by atoms with van der Waals surface area (Å²) in [5, 5.41) is 4.44. The Hall–Kier alpha value is -0.740. The van der Waals surface area contributed by atoms with Gasteiger partial charge in [-0.2, -0.15) is 0 Å². The summed E-state index contributed by atoms with van der Waals surface area (Å²) in [5.41, 5.74) is 0. The summed E-state index contributed by atoms with van der Waals surface area (Å²) in [4.78, 5) is 17.0. The highest BCUT2D eigenvalue weighted by molar-refractivity contribution is 8.00. The number of hydrogen-bond donors (Lipinski definition) is 1. The minimum Gasteiger partial charge on any atom is -0.352 e. The van der Waals surface area contributed by atoms with Gasteiger partial charge in [0, 0.05) is 12.2 Å². The third-order valence-electron chi connectivity index (χ3n) is 4.03. The van der Waals surface area contributed by atoms with Crippen LogP contribution < -0.4 is 5.32 Å². The zero-order valence-electron chi connectivity index (χ0n) is 13.3. The fraction of sp³-hybridized carbons (Fsp3) is 0.647. The Labute approximate surface area is 142 Å². The van der Waals surface area contributed by atoms with Gasteiger partial charge < -0.3 is 5.32 Å². The van der Waals surface area contributed by atoms with E-state index in [-0.39, 0.29) is 17.1 Å². The molecule has 1 saturated carbocycles. The molecule has 1 fully saturated rings. The lowest BCUT2D eigenvalue weighted by Crippen LogP contribution is -2.42. The smallest absolute Gasteiger partial charge is 0.234 e. The van der Waals surface area contributed by atoms with Crippen molar-refractivity contribution in [3.8, 4) is 0 Å². The quantitative estimate of drug-likeness (QED) is 0.624. The molecule has 22 heavy (non-hydrogen) atoms. The molecule has 1 aromatic rings. The maximum Gasteiger partial charge on any atom is 0.234 e. The van der Waals surface area contributed by atoms with Crippen molar-refractivity contribution in [3.63, 3.8) is 0 Å². The van der Waals surface area contributed by atoms with Gasteiger partial charge in [0.1, 0.15) is 5.03 Å². The molecule has 1 heterocycles. The third kappa shape index (κ3) is 5.17. The molecule has 0 saturated heterocycles. The zero-order chi connectivity index (χ0) is 15.9. The number of nitrogens with one attached hydrogen (secondary N) is 1. The Morgan fingerprint density at radius 1 is 1.32 bits per heavy atom. The molecule has 0 bridgehead atoms. The summed E-state index contributed by atoms with van der Waals surface area (Å²) in [7, 11) is 0. The zero-order valence-corrected chi connectivity index (χ0v) is 14.9. The van der Waals surface area contributed by atoms with Crippen molar-refractivity contribution < 1.29 is 4.79 Å². The lowest BCUT2D eigenvalue weighted by atomic mass is 10.1. The average molecular weight is 341 g/mol. The number of pyridine rings is 1. The molecule has 0 radical (unpaired) electrons. The monoisotopic (exact) mass is 340 g/mol. The van der Waals surface area contributed by atoms with Gasteiger partial charge in [-0.15, -0.1) is 0 Å². The minimum atomic E-state index is -0.157. The van der Waals surface area contributed by atoms with Crippen LogP contribution in [-0.4, -0.2) is 22.2 Å². The van der Waals surface area contributed by atoms with Gasteiger partial charge in [0.05, 0.1) is 10.3 Å². The number of thioether (sulfide) groups is 1. The first-order chi connectivity index (χ1) is 10.6. The van der Waals surface area contributed by atoms with Crippen LogP contribution in [0.4, 0.5) is 0 Å². The van der Waals surface area contributed by atoms with Gasteiger partial charge in [0.25, 0.3) is 0 Å². The number of aromatic nitrogens is 1. The summed E-state index contributed by atoms with van der Waals surface area (Å²) in [6.07, 6.45) is 8.94. The van der Waals surface area contributed by atoms with Gasteiger partial charge in [-0.3, -0.25) is 4.79 Å². The molecular formula is C17H25ClN2OS. The maximum absolute atomic E-state index is 12.7. The summed E-state index contributed by atoms with van der Waals surface area (Å²) in [6.45, 7) is 4.14. The number of rotatable bonds is 5. The molecule has 1 aromatic heterocycles. The van der Waals surface area contributed by atoms with Crippen molar-refractivity contribution in [2.24, 2.45) is 5.92 Å². The molecule has 3 nitrogen and oxygen atoms in total. The van der Waals surface area contributed by atoms with Crippen molar-refractivity contribution in [2.45, 2.75) is 68.7 Å². The Bertz CT molecular complexity index is 487. The van der Waals surface area contributed by atoms with Gasteiger partial charge in [0.15, 0.2) is 0 Å². The van der Waals surface area contributed by atoms with Gasteiger partial charge >= 0.3 is 0 Å². The van der Waals surface area contributed by atoms with Crippen LogP contribution in [0, 0.1) is 5.92 Å². The number of hydrogen-bond acceptors (Lipinski definition) is 3. The predicted octanol–water partition coefficient (Wildman–Crippen LogP) is 4.69. The van der Waals surface area contributed by atoms with Crippen LogP contribution in [0.1, 0.15) is 52.4 Å². The highest BCUT2D eigenvalue weighted by Crippen LogP contribution is 2.32. The van der Waals surface area contributed by atoms with Crippen LogP contribution in [0.25, 0.3) is 0 Å². The Balaban J connectivity index is 2.00. The molecule has 1 aliphatic carbocycles. The van der Waals surface area contributed by atoms with E-state index in [1.165, 1.54) is 37.4 Å². The van der Waals surface area contributed by atoms with Crippen LogP contribution in [-0.2, 0) is 4.79 Å². The normalized spacial score (nSPS) is 18.0. The molecule has 0 spiro atoms. The molecule has 0 aliphatic heterocycles. The molecular weight excluding hydrogens is 316 g/mol. The first-order valence-electron chi connectivity index (χ1n) is 8.15. The van der Waals surface area contributed by atoms with E-state index in [2.05, 4.69) is 24.1 Å². The molecule has 122 valence electrons. The van der Waals surface area contributed by atoms with E-state index in [0.29, 0.717) is 11.1 Å². The number of halogens is 1. The van der Waals surface area contributed by atoms with Crippen molar-refractivity contribution in [1.29, 1.82) is 0 Å². The van der Waals surface area contributed by atoms with E-state index in [1.54, 1.807) is 6.20 Å². The lowest BCUT2D eigenvalue weighted by molar-refractivity contribution is -0.122. The van der Waals surface area contributed by atoms with Crippen molar-refractivity contribution in [1.82, 2.24) is 10.3 Å². The Kier molecular flexibility index (Phi) is 7.03. The summed E-state index contributed by atoms with van der Waals surface area (Å²) in [5.74, 6) is 0.350. The number of nitrogens with zero attached hydrogens (tertiary/aromatic N) is 1. The molecule has 2 rings (SSSR count).